The van der Waals surface area contributed by atoms with Gasteiger partial charge in [-0.25, -0.2) is 0 Å². The van der Waals surface area contributed by atoms with E-state index in [9.17, 15) is 4.79 Å². The molecule has 0 atom stereocenters. The second-order valence-corrected chi connectivity index (χ2v) is 6.52. The zero-order chi connectivity index (χ0) is 15.2. The first-order chi connectivity index (χ1) is 10.8. The van der Waals surface area contributed by atoms with Crippen molar-refractivity contribution in [3.8, 4) is 0 Å². The average molecular weight is 291 g/mol. The maximum Gasteiger partial charge on any atom is 0.219 e. The van der Waals surface area contributed by atoms with E-state index in [2.05, 4.69) is 53.8 Å². The SMILES string of the molecule is CNC(=O)CCC12CCC(c3ccccc31)c1ccccc12. The Bertz CT molecular complexity index is 686. The molecular weight excluding hydrogens is 270 g/mol. The summed E-state index contributed by atoms with van der Waals surface area (Å²) in [5.74, 6) is 0.673. The zero-order valence-corrected chi connectivity index (χ0v) is 12.9. The third-order valence-electron chi connectivity index (χ3n) is 5.62. The molecule has 0 aromatic heterocycles. The van der Waals surface area contributed by atoms with Gasteiger partial charge in [0.2, 0.25) is 5.91 Å². The zero-order valence-electron chi connectivity index (χ0n) is 12.9. The van der Waals surface area contributed by atoms with Gasteiger partial charge >= 0.3 is 0 Å². The van der Waals surface area contributed by atoms with Crippen molar-refractivity contribution in [3.05, 3.63) is 70.8 Å². The first kappa shape index (κ1) is 13.6. The summed E-state index contributed by atoms with van der Waals surface area (Å²) in [5, 5.41) is 2.77. The molecule has 0 aliphatic heterocycles. The lowest BCUT2D eigenvalue weighted by Gasteiger charge is -2.49. The molecule has 0 saturated carbocycles. The molecule has 2 aromatic carbocycles. The van der Waals surface area contributed by atoms with Crippen molar-refractivity contribution in [1.29, 1.82) is 0 Å². The van der Waals surface area contributed by atoms with Crippen molar-refractivity contribution in [3.63, 3.8) is 0 Å². The molecular formula is C20H21NO. The number of amides is 1. The van der Waals surface area contributed by atoms with E-state index in [0.717, 1.165) is 12.8 Å². The molecule has 1 amide bonds. The number of hydrogen-bond acceptors (Lipinski definition) is 1. The minimum Gasteiger partial charge on any atom is -0.359 e. The van der Waals surface area contributed by atoms with Crippen molar-refractivity contribution in [2.75, 3.05) is 7.05 Å². The molecule has 0 radical (unpaired) electrons. The molecule has 3 aliphatic carbocycles. The van der Waals surface area contributed by atoms with Crippen LogP contribution in [0.2, 0.25) is 0 Å². The molecule has 22 heavy (non-hydrogen) atoms. The van der Waals surface area contributed by atoms with Gasteiger partial charge in [-0.05, 0) is 41.5 Å². The van der Waals surface area contributed by atoms with Gasteiger partial charge in [-0.1, -0.05) is 48.5 Å². The summed E-state index contributed by atoms with van der Waals surface area (Å²) in [5.41, 5.74) is 5.88. The predicted octanol–water partition coefficient (Wildman–Crippen LogP) is 3.74. The van der Waals surface area contributed by atoms with Gasteiger partial charge in [-0.2, -0.15) is 0 Å². The van der Waals surface area contributed by atoms with Crippen LogP contribution in [0.4, 0.5) is 0 Å². The first-order valence-corrected chi connectivity index (χ1v) is 8.16. The minimum atomic E-state index is 0.0223. The molecule has 1 N–H and O–H groups in total. The maximum absolute atomic E-state index is 11.8. The Balaban J connectivity index is 1.87. The number of rotatable bonds is 3. The van der Waals surface area contributed by atoms with Crippen LogP contribution in [0, 0.1) is 0 Å². The van der Waals surface area contributed by atoms with E-state index in [1.807, 2.05) is 0 Å². The maximum atomic E-state index is 11.8. The molecule has 3 aliphatic rings. The number of carbonyl (C=O) groups excluding carboxylic acids is 1. The molecule has 0 unspecified atom stereocenters. The molecule has 2 heteroatoms. The average Bonchev–Trinajstić information content (AvgIpc) is 2.60. The monoisotopic (exact) mass is 291 g/mol. The van der Waals surface area contributed by atoms with Crippen LogP contribution in [0.15, 0.2) is 48.5 Å². The van der Waals surface area contributed by atoms with Gasteiger partial charge in [0, 0.05) is 24.8 Å². The molecule has 0 spiro atoms. The Morgan fingerprint density at radius 2 is 1.68 bits per heavy atom. The number of benzene rings is 2. The molecule has 2 bridgehead atoms. The lowest BCUT2D eigenvalue weighted by atomic mass is 9.54. The summed E-state index contributed by atoms with van der Waals surface area (Å²) in [6.45, 7) is 0. The van der Waals surface area contributed by atoms with Crippen LogP contribution in [0.3, 0.4) is 0 Å². The molecule has 0 heterocycles. The minimum absolute atomic E-state index is 0.0223. The lowest BCUT2D eigenvalue weighted by Crippen LogP contribution is -2.41. The van der Waals surface area contributed by atoms with Crippen LogP contribution in [0.25, 0.3) is 0 Å². The van der Waals surface area contributed by atoms with E-state index in [1.165, 1.54) is 28.7 Å². The van der Waals surface area contributed by atoms with Crippen LogP contribution in [-0.4, -0.2) is 13.0 Å². The van der Waals surface area contributed by atoms with Gasteiger partial charge in [0.15, 0.2) is 0 Å². The highest BCUT2D eigenvalue weighted by molar-refractivity contribution is 5.76. The number of hydrogen-bond donors (Lipinski definition) is 1. The summed E-state index contributed by atoms with van der Waals surface area (Å²) in [6.07, 6.45) is 3.84. The van der Waals surface area contributed by atoms with Crippen LogP contribution in [0.1, 0.15) is 53.9 Å². The Morgan fingerprint density at radius 3 is 2.27 bits per heavy atom. The second-order valence-electron chi connectivity index (χ2n) is 6.52. The van der Waals surface area contributed by atoms with Crippen LogP contribution >= 0.6 is 0 Å². The molecule has 112 valence electrons. The summed E-state index contributed by atoms with van der Waals surface area (Å²) in [4.78, 5) is 11.8. The summed E-state index contributed by atoms with van der Waals surface area (Å²) < 4.78 is 0. The third kappa shape index (κ3) is 1.76. The van der Waals surface area contributed by atoms with E-state index in [4.69, 9.17) is 0 Å². The largest absolute Gasteiger partial charge is 0.359 e. The molecule has 0 fully saturated rings. The molecule has 2 nitrogen and oxygen atoms in total. The Hall–Kier alpha value is -2.09. The molecule has 2 aromatic rings. The summed E-state index contributed by atoms with van der Waals surface area (Å²) in [7, 11) is 1.72. The number of fused-ring (bicyclic) bond motifs is 1. The van der Waals surface area contributed by atoms with Gasteiger partial charge in [0.1, 0.15) is 0 Å². The topological polar surface area (TPSA) is 29.1 Å². The van der Waals surface area contributed by atoms with Gasteiger partial charge in [0.25, 0.3) is 0 Å². The third-order valence-corrected chi connectivity index (χ3v) is 5.62. The van der Waals surface area contributed by atoms with Crippen molar-refractivity contribution >= 4 is 5.91 Å². The van der Waals surface area contributed by atoms with E-state index in [0.29, 0.717) is 12.3 Å². The van der Waals surface area contributed by atoms with Crippen molar-refractivity contribution in [1.82, 2.24) is 5.32 Å². The van der Waals surface area contributed by atoms with E-state index < -0.39 is 0 Å². The predicted molar refractivity (Wildman–Crippen MR) is 88.0 cm³/mol. The Labute approximate surface area is 131 Å². The van der Waals surface area contributed by atoms with Gasteiger partial charge < -0.3 is 5.32 Å². The summed E-state index contributed by atoms with van der Waals surface area (Å²) in [6, 6.07) is 17.7. The summed E-state index contributed by atoms with van der Waals surface area (Å²) >= 11 is 0. The first-order valence-electron chi connectivity index (χ1n) is 8.16. The van der Waals surface area contributed by atoms with Gasteiger partial charge in [0.05, 0.1) is 0 Å². The Morgan fingerprint density at radius 1 is 1.09 bits per heavy atom. The number of nitrogens with one attached hydrogen (secondary N) is 1. The lowest BCUT2D eigenvalue weighted by molar-refractivity contribution is -0.120. The highest BCUT2D eigenvalue weighted by atomic mass is 16.1. The fourth-order valence-corrected chi connectivity index (χ4v) is 4.60. The molecule has 5 rings (SSSR count). The van der Waals surface area contributed by atoms with Crippen LogP contribution in [0.5, 0.6) is 0 Å². The van der Waals surface area contributed by atoms with Crippen molar-refractivity contribution in [2.45, 2.75) is 37.0 Å². The van der Waals surface area contributed by atoms with Gasteiger partial charge in [-0.3, -0.25) is 4.79 Å². The number of carbonyl (C=O) groups is 1. The fraction of sp³-hybridized carbons (Fsp3) is 0.350. The van der Waals surface area contributed by atoms with E-state index in [-0.39, 0.29) is 11.3 Å². The van der Waals surface area contributed by atoms with Crippen molar-refractivity contribution < 1.29 is 4.79 Å². The Kier molecular flexibility index (Phi) is 3.07. The van der Waals surface area contributed by atoms with Crippen molar-refractivity contribution in [2.24, 2.45) is 0 Å². The van der Waals surface area contributed by atoms with Crippen LogP contribution in [-0.2, 0) is 10.2 Å². The fourth-order valence-electron chi connectivity index (χ4n) is 4.60. The van der Waals surface area contributed by atoms with Gasteiger partial charge in [-0.15, -0.1) is 0 Å². The van der Waals surface area contributed by atoms with Crippen LogP contribution < -0.4 is 5.32 Å². The molecule has 0 saturated heterocycles. The smallest absolute Gasteiger partial charge is 0.219 e. The van der Waals surface area contributed by atoms with E-state index >= 15 is 0 Å². The second kappa shape index (κ2) is 4.98. The quantitative estimate of drug-likeness (QED) is 0.917. The highest BCUT2D eigenvalue weighted by Gasteiger charge is 2.47. The van der Waals surface area contributed by atoms with E-state index in [1.54, 1.807) is 7.05 Å². The standard InChI is InChI=1S/C20H21NO/c1-21-19(22)11-13-20-12-10-14(15-6-2-4-8-17(15)20)16-7-3-5-9-18(16)20/h2-9,14H,10-13H2,1H3,(H,21,22). The highest BCUT2D eigenvalue weighted by Crippen LogP contribution is 2.57. The normalized spacial score (nSPS) is 24.5.